The van der Waals surface area contributed by atoms with Gasteiger partial charge in [-0.1, -0.05) is 49.4 Å². The lowest BCUT2D eigenvalue weighted by Gasteiger charge is -2.38. The summed E-state index contributed by atoms with van der Waals surface area (Å²) in [7, 11) is 0. The minimum Gasteiger partial charge on any atom is -0.388 e. The van der Waals surface area contributed by atoms with Crippen LogP contribution < -0.4 is 11.3 Å². The van der Waals surface area contributed by atoms with E-state index in [1.54, 1.807) is 10.9 Å². The smallest absolute Gasteiger partial charge is 0.281 e. The maximum atomic E-state index is 13.2. The number of aromatic nitrogens is 4. The van der Waals surface area contributed by atoms with Crippen molar-refractivity contribution < 1.29 is 9.90 Å². The Morgan fingerprint density at radius 1 is 1.05 bits per heavy atom. The zero-order chi connectivity index (χ0) is 26.0. The van der Waals surface area contributed by atoms with Crippen LogP contribution in [-0.4, -0.2) is 53.7 Å². The van der Waals surface area contributed by atoms with Crippen molar-refractivity contribution in [2.24, 2.45) is 5.73 Å². The molecule has 1 fully saturated rings. The van der Waals surface area contributed by atoms with Gasteiger partial charge in [0.25, 0.3) is 5.56 Å². The number of nitrogens with zero attached hydrogens (tertiary/aromatic N) is 5. The molecule has 4 aromatic rings. The summed E-state index contributed by atoms with van der Waals surface area (Å²) in [5.41, 5.74) is 7.98. The Morgan fingerprint density at radius 3 is 2.43 bits per heavy atom. The second kappa shape index (κ2) is 10.3. The summed E-state index contributed by atoms with van der Waals surface area (Å²) in [6.07, 6.45) is 4.26. The Labute approximate surface area is 215 Å². The Balaban J connectivity index is 1.25. The number of piperidine rings is 1. The summed E-state index contributed by atoms with van der Waals surface area (Å²) in [6.45, 7) is 3.52. The van der Waals surface area contributed by atoms with Gasteiger partial charge in [-0.3, -0.25) is 18.7 Å². The number of imidazole rings is 1. The molecule has 1 aliphatic heterocycles. The summed E-state index contributed by atoms with van der Waals surface area (Å²) in [6, 6.07) is 17.7. The molecule has 0 saturated carbocycles. The number of hydrogen-bond donors (Lipinski definition) is 2. The zero-order valence-corrected chi connectivity index (χ0v) is 21.0. The van der Waals surface area contributed by atoms with Gasteiger partial charge in [0.1, 0.15) is 12.7 Å². The first-order chi connectivity index (χ1) is 17.9. The van der Waals surface area contributed by atoms with E-state index in [1.165, 1.54) is 10.9 Å². The van der Waals surface area contributed by atoms with Crippen molar-refractivity contribution in [3.05, 3.63) is 88.7 Å². The number of rotatable bonds is 7. The molecule has 2 aromatic heterocycles. The van der Waals surface area contributed by atoms with Gasteiger partial charge in [-0.05, 0) is 42.0 Å². The molecule has 1 unspecified atom stereocenters. The van der Waals surface area contributed by atoms with Crippen molar-refractivity contribution in [2.45, 2.75) is 50.8 Å². The van der Waals surface area contributed by atoms with E-state index in [0.29, 0.717) is 44.5 Å². The predicted octanol–water partition coefficient (Wildman–Crippen LogP) is 2.59. The van der Waals surface area contributed by atoms with Gasteiger partial charge in [0.05, 0.1) is 12.1 Å². The van der Waals surface area contributed by atoms with Crippen LogP contribution >= 0.6 is 0 Å². The Morgan fingerprint density at radius 2 is 1.76 bits per heavy atom. The number of carbonyl (C=O) groups is 1. The highest BCUT2D eigenvalue weighted by Gasteiger charge is 2.35. The van der Waals surface area contributed by atoms with E-state index >= 15 is 0 Å². The molecule has 9 heteroatoms. The van der Waals surface area contributed by atoms with Crippen molar-refractivity contribution in [3.8, 4) is 5.69 Å². The molecule has 0 spiro atoms. The van der Waals surface area contributed by atoms with Crippen LogP contribution in [0.3, 0.4) is 0 Å². The average Bonchev–Trinajstić information content (AvgIpc) is 3.36. The molecule has 1 amide bonds. The first kappa shape index (κ1) is 24.9. The van der Waals surface area contributed by atoms with Crippen LogP contribution in [0, 0.1) is 0 Å². The molecule has 5 rings (SSSR count). The number of carbonyl (C=O) groups excluding carboxylic acids is 1. The summed E-state index contributed by atoms with van der Waals surface area (Å²) < 4.78 is 3.18. The Kier molecular flexibility index (Phi) is 6.90. The fourth-order valence-electron chi connectivity index (χ4n) is 4.96. The second-order valence-electron chi connectivity index (χ2n) is 9.96. The molecule has 192 valence electrons. The van der Waals surface area contributed by atoms with Crippen molar-refractivity contribution >= 4 is 17.1 Å². The van der Waals surface area contributed by atoms with Gasteiger partial charge in [-0.25, -0.2) is 9.97 Å². The number of fused-ring (bicyclic) bond motifs is 1. The SMILES string of the molecule is CC(CC(=O)N1CCC(O)(Cn2cnc3c(ncn3-c3ccc(CN)cc3)c2=O)CC1)c1ccccc1. The van der Waals surface area contributed by atoms with Gasteiger partial charge in [-0.15, -0.1) is 0 Å². The molecule has 3 N–H and O–H groups in total. The lowest BCUT2D eigenvalue weighted by Crippen LogP contribution is -2.49. The van der Waals surface area contributed by atoms with Crippen molar-refractivity contribution in [3.63, 3.8) is 0 Å². The monoisotopic (exact) mass is 500 g/mol. The molecule has 1 aliphatic rings. The fourth-order valence-corrected chi connectivity index (χ4v) is 4.96. The number of hydrogen-bond acceptors (Lipinski definition) is 6. The van der Waals surface area contributed by atoms with Gasteiger partial charge >= 0.3 is 0 Å². The topological polar surface area (TPSA) is 119 Å². The molecule has 2 aromatic carbocycles. The molecule has 37 heavy (non-hydrogen) atoms. The largest absolute Gasteiger partial charge is 0.388 e. The maximum Gasteiger partial charge on any atom is 0.281 e. The third kappa shape index (κ3) is 5.19. The Hall–Kier alpha value is -3.82. The quantitative estimate of drug-likeness (QED) is 0.403. The summed E-state index contributed by atoms with van der Waals surface area (Å²) in [5.74, 6) is 0.216. The highest BCUT2D eigenvalue weighted by molar-refractivity contribution is 5.77. The van der Waals surface area contributed by atoms with Gasteiger partial charge in [0.15, 0.2) is 11.2 Å². The third-order valence-corrected chi connectivity index (χ3v) is 7.34. The fraction of sp³-hybridized carbons (Fsp3) is 0.357. The van der Waals surface area contributed by atoms with Crippen LogP contribution in [0.15, 0.2) is 72.0 Å². The van der Waals surface area contributed by atoms with Crippen LogP contribution in [0.4, 0.5) is 0 Å². The highest BCUT2D eigenvalue weighted by atomic mass is 16.3. The van der Waals surface area contributed by atoms with E-state index in [9.17, 15) is 14.7 Å². The molecule has 0 radical (unpaired) electrons. The summed E-state index contributed by atoms with van der Waals surface area (Å²) in [5, 5.41) is 11.3. The van der Waals surface area contributed by atoms with Gasteiger partial charge in [0, 0.05) is 31.7 Å². The van der Waals surface area contributed by atoms with Crippen LogP contribution in [0.1, 0.15) is 43.2 Å². The minimum atomic E-state index is -1.10. The number of likely N-dealkylation sites (tertiary alicyclic amines) is 1. The lowest BCUT2D eigenvalue weighted by molar-refractivity contribution is -0.136. The molecule has 3 heterocycles. The number of amides is 1. The number of benzene rings is 2. The van der Waals surface area contributed by atoms with Gasteiger partial charge in [-0.2, -0.15) is 0 Å². The van der Waals surface area contributed by atoms with E-state index in [4.69, 9.17) is 5.73 Å². The molecular formula is C28H32N6O3. The van der Waals surface area contributed by atoms with E-state index in [-0.39, 0.29) is 29.4 Å². The van der Waals surface area contributed by atoms with E-state index in [2.05, 4.69) is 16.9 Å². The Bertz CT molecular complexity index is 1440. The molecule has 0 bridgehead atoms. The highest BCUT2D eigenvalue weighted by Crippen LogP contribution is 2.26. The van der Waals surface area contributed by atoms with Crippen molar-refractivity contribution in [1.29, 1.82) is 0 Å². The second-order valence-corrected chi connectivity index (χ2v) is 9.96. The van der Waals surface area contributed by atoms with E-state index in [1.807, 2.05) is 59.5 Å². The number of nitrogens with two attached hydrogens (primary N) is 1. The standard InChI is InChI=1S/C28H32N6O3/c1-20(22-5-3-2-4-6-22)15-24(35)32-13-11-28(37,12-14-32)17-33-18-31-26-25(27(33)36)30-19-34(26)23-9-7-21(16-29)8-10-23/h2-10,18-20,37H,11-17,29H2,1H3. The first-order valence-corrected chi connectivity index (χ1v) is 12.6. The normalized spacial score (nSPS) is 16.1. The predicted molar refractivity (Wildman–Crippen MR) is 141 cm³/mol. The average molecular weight is 501 g/mol. The van der Waals surface area contributed by atoms with Crippen LogP contribution in [0.2, 0.25) is 0 Å². The van der Waals surface area contributed by atoms with Gasteiger partial charge in [0.2, 0.25) is 5.91 Å². The van der Waals surface area contributed by atoms with Crippen LogP contribution in [-0.2, 0) is 17.9 Å². The van der Waals surface area contributed by atoms with E-state index < -0.39 is 5.60 Å². The van der Waals surface area contributed by atoms with Crippen LogP contribution in [0.5, 0.6) is 0 Å². The first-order valence-electron chi connectivity index (χ1n) is 12.6. The minimum absolute atomic E-state index is 0.0868. The number of aliphatic hydroxyl groups is 1. The molecule has 9 nitrogen and oxygen atoms in total. The van der Waals surface area contributed by atoms with E-state index in [0.717, 1.165) is 16.8 Å². The molecular weight excluding hydrogens is 468 g/mol. The molecule has 0 aliphatic carbocycles. The maximum absolute atomic E-state index is 13.2. The van der Waals surface area contributed by atoms with Crippen molar-refractivity contribution in [1.82, 2.24) is 24.0 Å². The lowest BCUT2D eigenvalue weighted by atomic mass is 9.90. The molecule has 1 saturated heterocycles. The third-order valence-electron chi connectivity index (χ3n) is 7.34. The van der Waals surface area contributed by atoms with Crippen molar-refractivity contribution in [2.75, 3.05) is 13.1 Å². The zero-order valence-electron chi connectivity index (χ0n) is 21.0. The summed E-state index contributed by atoms with van der Waals surface area (Å²) in [4.78, 5) is 36.7. The molecule has 1 atom stereocenters. The van der Waals surface area contributed by atoms with Gasteiger partial charge < -0.3 is 15.7 Å². The van der Waals surface area contributed by atoms with Crippen LogP contribution in [0.25, 0.3) is 16.9 Å². The summed E-state index contributed by atoms with van der Waals surface area (Å²) >= 11 is 0.